The lowest BCUT2D eigenvalue weighted by Crippen LogP contribution is -2.23. The Bertz CT molecular complexity index is 1200. The van der Waals surface area contributed by atoms with E-state index in [2.05, 4.69) is 4.99 Å². The first-order valence-electron chi connectivity index (χ1n) is 9.38. The van der Waals surface area contributed by atoms with Crippen molar-refractivity contribution in [3.8, 4) is 5.75 Å². The molecule has 0 spiro atoms. The van der Waals surface area contributed by atoms with Gasteiger partial charge in [0.25, 0.3) is 0 Å². The Morgan fingerprint density at radius 3 is 2.33 bits per heavy atom. The SMILES string of the molecule is CC(=O)OCc1ccc2oc(=O)c(C(=O)Oc3ccc(CCN=C(N)N)cc3)cc2c1.Cl.O. The summed E-state index contributed by atoms with van der Waals surface area (Å²) >= 11 is 0. The van der Waals surface area contributed by atoms with Crippen LogP contribution in [-0.2, 0) is 22.6 Å². The lowest BCUT2D eigenvalue weighted by molar-refractivity contribution is -0.142. The zero-order valence-corrected chi connectivity index (χ0v) is 18.5. The summed E-state index contributed by atoms with van der Waals surface area (Å²) in [6.07, 6.45) is 0.621. The van der Waals surface area contributed by atoms with Crippen LogP contribution in [0.1, 0.15) is 28.4 Å². The number of carbonyl (C=O) groups excluding carboxylic acids is 2. The molecule has 1 heterocycles. The van der Waals surface area contributed by atoms with E-state index in [0.29, 0.717) is 29.5 Å². The Labute approximate surface area is 194 Å². The molecule has 0 atom stereocenters. The fraction of sp³-hybridized carbons (Fsp3) is 0.182. The van der Waals surface area contributed by atoms with Gasteiger partial charge >= 0.3 is 17.6 Å². The number of esters is 2. The maximum absolute atomic E-state index is 12.5. The van der Waals surface area contributed by atoms with Crippen molar-refractivity contribution >= 4 is 41.3 Å². The highest BCUT2D eigenvalue weighted by Gasteiger charge is 2.16. The van der Waals surface area contributed by atoms with Gasteiger partial charge in [0.2, 0.25) is 0 Å². The molecule has 3 aromatic rings. The number of hydrogen-bond acceptors (Lipinski definition) is 7. The second kappa shape index (κ2) is 12.2. The Hall–Kier alpha value is -3.89. The maximum Gasteiger partial charge on any atom is 0.351 e. The van der Waals surface area contributed by atoms with Crippen LogP contribution in [-0.4, -0.2) is 29.9 Å². The van der Waals surface area contributed by atoms with E-state index in [0.717, 1.165) is 5.56 Å². The predicted molar refractivity (Wildman–Crippen MR) is 125 cm³/mol. The van der Waals surface area contributed by atoms with Gasteiger partial charge in [-0.25, -0.2) is 9.59 Å². The number of guanidine groups is 1. The van der Waals surface area contributed by atoms with Crippen molar-refractivity contribution in [1.82, 2.24) is 0 Å². The van der Waals surface area contributed by atoms with Gasteiger partial charge in [0.15, 0.2) is 5.96 Å². The normalized spacial score (nSPS) is 9.85. The van der Waals surface area contributed by atoms with Crippen molar-refractivity contribution in [2.24, 2.45) is 16.5 Å². The van der Waals surface area contributed by atoms with E-state index < -0.39 is 17.6 Å². The molecule has 0 aliphatic rings. The van der Waals surface area contributed by atoms with Crippen LogP contribution in [0.15, 0.2) is 62.7 Å². The highest BCUT2D eigenvalue weighted by atomic mass is 35.5. The van der Waals surface area contributed by atoms with Crippen molar-refractivity contribution in [3.63, 3.8) is 0 Å². The van der Waals surface area contributed by atoms with Crippen molar-refractivity contribution in [1.29, 1.82) is 0 Å². The Balaban J connectivity index is 0.00000272. The van der Waals surface area contributed by atoms with Gasteiger partial charge in [0, 0.05) is 18.9 Å². The molecular formula is C22H24ClN3O7. The average molecular weight is 478 g/mol. The second-order valence-corrected chi connectivity index (χ2v) is 6.69. The van der Waals surface area contributed by atoms with E-state index in [9.17, 15) is 14.4 Å². The number of fused-ring (bicyclic) bond motifs is 1. The van der Waals surface area contributed by atoms with E-state index in [-0.39, 0.29) is 41.8 Å². The number of nitrogens with zero attached hydrogens (tertiary/aromatic N) is 1. The zero-order chi connectivity index (χ0) is 22.4. The monoisotopic (exact) mass is 477 g/mol. The maximum atomic E-state index is 12.5. The van der Waals surface area contributed by atoms with Gasteiger partial charge in [-0.1, -0.05) is 18.2 Å². The molecule has 0 bridgehead atoms. The van der Waals surface area contributed by atoms with E-state index >= 15 is 0 Å². The minimum Gasteiger partial charge on any atom is -0.461 e. The van der Waals surface area contributed by atoms with Crippen LogP contribution in [0, 0.1) is 0 Å². The van der Waals surface area contributed by atoms with Crippen LogP contribution in [0.5, 0.6) is 5.75 Å². The fourth-order valence-corrected chi connectivity index (χ4v) is 2.79. The zero-order valence-electron chi connectivity index (χ0n) is 17.7. The summed E-state index contributed by atoms with van der Waals surface area (Å²) in [6.45, 7) is 1.82. The van der Waals surface area contributed by atoms with Gasteiger partial charge in [-0.05, 0) is 47.9 Å². The number of nitrogens with two attached hydrogens (primary N) is 2. The number of benzene rings is 2. The summed E-state index contributed by atoms with van der Waals surface area (Å²) in [7, 11) is 0. The fourth-order valence-electron chi connectivity index (χ4n) is 2.79. The third kappa shape index (κ3) is 7.63. The molecule has 33 heavy (non-hydrogen) atoms. The summed E-state index contributed by atoms with van der Waals surface area (Å²) in [5.74, 6) is -0.947. The van der Waals surface area contributed by atoms with Crippen molar-refractivity contribution in [2.75, 3.05) is 6.54 Å². The third-order valence-corrected chi connectivity index (χ3v) is 4.29. The summed E-state index contributed by atoms with van der Waals surface area (Å²) < 4.78 is 15.5. The molecule has 0 aliphatic carbocycles. The molecule has 3 rings (SSSR count). The van der Waals surface area contributed by atoms with Gasteiger partial charge in [0.1, 0.15) is 23.5 Å². The minimum atomic E-state index is -0.839. The summed E-state index contributed by atoms with van der Waals surface area (Å²) in [6, 6.07) is 13.1. The highest BCUT2D eigenvalue weighted by molar-refractivity contribution is 5.94. The van der Waals surface area contributed by atoms with Crippen LogP contribution in [0.4, 0.5) is 0 Å². The Kier molecular flexibility index (Phi) is 10.1. The second-order valence-electron chi connectivity index (χ2n) is 6.69. The van der Waals surface area contributed by atoms with Gasteiger partial charge in [-0.15, -0.1) is 12.4 Å². The molecule has 0 radical (unpaired) electrons. The van der Waals surface area contributed by atoms with Crippen LogP contribution in [0.2, 0.25) is 0 Å². The molecule has 0 aliphatic heterocycles. The Morgan fingerprint density at radius 2 is 1.70 bits per heavy atom. The van der Waals surface area contributed by atoms with Gasteiger partial charge in [-0.3, -0.25) is 9.79 Å². The van der Waals surface area contributed by atoms with E-state index in [1.165, 1.54) is 13.0 Å². The van der Waals surface area contributed by atoms with Crippen LogP contribution >= 0.6 is 12.4 Å². The smallest absolute Gasteiger partial charge is 0.351 e. The number of rotatable bonds is 7. The molecule has 2 aromatic carbocycles. The first-order chi connectivity index (χ1) is 14.8. The number of hydrogen-bond donors (Lipinski definition) is 2. The molecular weight excluding hydrogens is 454 g/mol. The molecule has 0 amide bonds. The quantitative estimate of drug-likeness (QED) is 0.169. The predicted octanol–water partition coefficient (Wildman–Crippen LogP) is 1.49. The lowest BCUT2D eigenvalue weighted by atomic mass is 10.1. The number of aliphatic imine (C=N–C) groups is 1. The van der Waals surface area contributed by atoms with Crippen molar-refractivity contribution in [2.45, 2.75) is 20.0 Å². The number of ether oxygens (including phenoxy) is 2. The highest BCUT2D eigenvalue weighted by Crippen LogP contribution is 2.19. The number of carbonyl (C=O) groups is 2. The number of halogens is 1. The average Bonchev–Trinajstić information content (AvgIpc) is 2.72. The van der Waals surface area contributed by atoms with E-state index in [1.54, 1.807) is 42.5 Å². The molecule has 0 saturated carbocycles. The van der Waals surface area contributed by atoms with Crippen LogP contribution in [0.25, 0.3) is 11.0 Å². The van der Waals surface area contributed by atoms with Gasteiger partial charge in [-0.2, -0.15) is 0 Å². The lowest BCUT2D eigenvalue weighted by Gasteiger charge is -2.07. The molecule has 0 unspecified atom stereocenters. The van der Waals surface area contributed by atoms with Crippen molar-refractivity contribution < 1.29 is 29.0 Å². The first-order valence-corrected chi connectivity index (χ1v) is 9.38. The molecule has 6 N–H and O–H groups in total. The summed E-state index contributed by atoms with van der Waals surface area (Å²) in [4.78, 5) is 39.6. The van der Waals surface area contributed by atoms with E-state index in [4.69, 9.17) is 25.4 Å². The summed E-state index contributed by atoms with van der Waals surface area (Å²) in [5.41, 5.74) is 11.5. The van der Waals surface area contributed by atoms with Crippen LogP contribution in [0.3, 0.4) is 0 Å². The minimum absolute atomic E-state index is 0. The summed E-state index contributed by atoms with van der Waals surface area (Å²) in [5, 5.41) is 0.506. The molecule has 176 valence electrons. The molecule has 1 aromatic heterocycles. The Morgan fingerprint density at radius 1 is 1.03 bits per heavy atom. The molecule has 0 saturated heterocycles. The molecule has 0 fully saturated rings. The van der Waals surface area contributed by atoms with Crippen LogP contribution < -0.4 is 21.8 Å². The first kappa shape index (κ1) is 27.1. The van der Waals surface area contributed by atoms with Crippen molar-refractivity contribution in [3.05, 3.63) is 75.6 Å². The topological polar surface area (TPSA) is 179 Å². The third-order valence-electron chi connectivity index (χ3n) is 4.29. The van der Waals surface area contributed by atoms with Gasteiger partial charge < -0.3 is 30.8 Å². The van der Waals surface area contributed by atoms with Gasteiger partial charge in [0.05, 0.1) is 0 Å². The largest absolute Gasteiger partial charge is 0.461 e. The molecule has 11 heteroatoms. The standard InChI is InChI=1S/C22H21N3O6.ClH.H2O/c1-13(26)29-12-15-4-7-19-16(10-15)11-18(21(28)31-19)20(27)30-17-5-2-14(3-6-17)8-9-25-22(23)24;;/h2-7,10-11H,8-9,12H2,1H3,(H4,23,24,25);1H;1H2. The molecule has 10 nitrogen and oxygen atoms in total. The van der Waals surface area contributed by atoms with E-state index in [1.807, 2.05) is 0 Å².